The number of aromatic nitrogens is 2. The number of aryl methyl sites for hydroxylation is 2. The van der Waals surface area contributed by atoms with Crippen LogP contribution in [0.5, 0.6) is 0 Å². The second-order valence-corrected chi connectivity index (χ2v) is 5.97. The Kier molecular flexibility index (Phi) is 4.63. The van der Waals surface area contributed by atoms with E-state index in [1.807, 2.05) is 0 Å². The van der Waals surface area contributed by atoms with E-state index in [1.54, 1.807) is 37.8 Å². The minimum absolute atomic E-state index is 0.400. The Balaban J connectivity index is 2.06. The molecule has 0 aliphatic heterocycles. The molecule has 3 N–H and O–H groups in total. The second-order valence-electron chi connectivity index (χ2n) is 4.28. The molecule has 2 heterocycles. The van der Waals surface area contributed by atoms with Gasteiger partial charge in [-0.25, -0.2) is 0 Å². The maximum Gasteiger partial charge on any atom is 0.286 e. The number of halogens is 1. The molecule has 7 nitrogen and oxygen atoms in total. The molecular weight excluding hydrogens is 358 g/mol. The van der Waals surface area contributed by atoms with Crippen LogP contribution in [0.2, 0.25) is 0 Å². The van der Waals surface area contributed by atoms with Gasteiger partial charge in [-0.05, 0) is 40.5 Å². The SMILES string of the molecule is CNc1snc(C)c1C(=O)NNC(=O)c1cc(Br)cn1C. The Hall–Kier alpha value is -1.87. The Morgan fingerprint density at radius 3 is 2.57 bits per heavy atom. The van der Waals surface area contributed by atoms with E-state index in [9.17, 15) is 9.59 Å². The summed E-state index contributed by atoms with van der Waals surface area (Å²) in [5, 5.41) is 3.55. The average molecular weight is 372 g/mol. The summed E-state index contributed by atoms with van der Waals surface area (Å²) in [6, 6.07) is 1.66. The van der Waals surface area contributed by atoms with Gasteiger partial charge in [-0.2, -0.15) is 4.37 Å². The normalized spacial score (nSPS) is 10.3. The summed E-state index contributed by atoms with van der Waals surface area (Å²) in [6.07, 6.45) is 1.75. The average Bonchev–Trinajstić information content (AvgIpc) is 2.98. The summed E-state index contributed by atoms with van der Waals surface area (Å²) in [4.78, 5) is 24.1. The molecule has 0 atom stereocenters. The molecule has 0 bridgehead atoms. The first kappa shape index (κ1) is 15.5. The van der Waals surface area contributed by atoms with E-state index in [0.717, 1.165) is 4.47 Å². The van der Waals surface area contributed by atoms with Gasteiger partial charge in [-0.1, -0.05) is 0 Å². The van der Waals surface area contributed by atoms with Crippen LogP contribution in [-0.2, 0) is 7.05 Å². The Morgan fingerprint density at radius 1 is 1.33 bits per heavy atom. The number of carbonyl (C=O) groups is 2. The van der Waals surface area contributed by atoms with Gasteiger partial charge in [0.05, 0.1) is 11.3 Å². The first-order chi connectivity index (χ1) is 9.93. The summed E-state index contributed by atoms with van der Waals surface area (Å²) in [7, 11) is 3.46. The van der Waals surface area contributed by atoms with Crippen molar-refractivity contribution in [3.05, 3.63) is 33.7 Å². The fourth-order valence-corrected chi connectivity index (χ4v) is 3.06. The van der Waals surface area contributed by atoms with Gasteiger partial charge in [0.1, 0.15) is 10.7 Å². The van der Waals surface area contributed by atoms with Gasteiger partial charge < -0.3 is 9.88 Å². The first-order valence-electron chi connectivity index (χ1n) is 6.00. The van der Waals surface area contributed by atoms with Crippen molar-refractivity contribution in [1.82, 2.24) is 19.8 Å². The van der Waals surface area contributed by atoms with E-state index in [0.29, 0.717) is 22.0 Å². The minimum atomic E-state index is -0.410. The number of amides is 2. The van der Waals surface area contributed by atoms with Crippen LogP contribution in [0.25, 0.3) is 0 Å². The van der Waals surface area contributed by atoms with Crippen molar-refractivity contribution in [1.29, 1.82) is 0 Å². The smallest absolute Gasteiger partial charge is 0.286 e. The Labute approximate surface area is 134 Å². The number of carbonyl (C=O) groups excluding carboxylic acids is 2. The van der Waals surface area contributed by atoms with Crippen LogP contribution in [-0.4, -0.2) is 27.8 Å². The molecule has 0 radical (unpaired) electrons. The molecule has 0 unspecified atom stereocenters. The molecule has 0 saturated heterocycles. The number of hydrazine groups is 1. The third-order valence-corrected chi connectivity index (χ3v) is 4.20. The second kappa shape index (κ2) is 6.27. The topological polar surface area (TPSA) is 88.1 Å². The van der Waals surface area contributed by atoms with Gasteiger partial charge in [0.2, 0.25) is 0 Å². The zero-order chi connectivity index (χ0) is 15.6. The van der Waals surface area contributed by atoms with E-state index in [1.165, 1.54) is 11.5 Å². The monoisotopic (exact) mass is 371 g/mol. The third-order valence-electron chi connectivity index (χ3n) is 2.81. The Morgan fingerprint density at radius 2 is 2.00 bits per heavy atom. The standard InChI is InChI=1S/C12H14BrN5O2S/c1-6-9(12(14-2)21-17-6)11(20)16-15-10(19)8-4-7(13)5-18(8)3/h4-5,14H,1-3H3,(H,15,19)(H,16,20). The summed E-state index contributed by atoms with van der Waals surface area (Å²) < 4.78 is 6.55. The molecule has 112 valence electrons. The maximum atomic E-state index is 12.1. The number of nitrogens with zero attached hydrogens (tertiary/aromatic N) is 2. The summed E-state index contributed by atoms with van der Waals surface area (Å²) in [6.45, 7) is 1.74. The molecule has 9 heteroatoms. The van der Waals surface area contributed by atoms with Gasteiger partial charge in [0.15, 0.2) is 0 Å². The van der Waals surface area contributed by atoms with Crippen LogP contribution in [0, 0.1) is 6.92 Å². The largest absolute Gasteiger partial charge is 0.378 e. The van der Waals surface area contributed by atoms with Gasteiger partial charge in [0.25, 0.3) is 11.8 Å². The van der Waals surface area contributed by atoms with Crippen molar-refractivity contribution >= 4 is 44.3 Å². The molecule has 0 aliphatic carbocycles. The van der Waals surface area contributed by atoms with Gasteiger partial charge in [-0.15, -0.1) is 0 Å². The van der Waals surface area contributed by atoms with Crippen LogP contribution in [0.1, 0.15) is 26.5 Å². The van der Waals surface area contributed by atoms with Crippen molar-refractivity contribution in [3.8, 4) is 0 Å². The third kappa shape index (κ3) is 3.24. The highest BCUT2D eigenvalue weighted by Gasteiger charge is 2.19. The highest BCUT2D eigenvalue weighted by molar-refractivity contribution is 9.10. The van der Waals surface area contributed by atoms with Crippen molar-refractivity contribution in [3.63, 3.8) is 0 Å². The van der Waals surface area contributed by atoms with Gasteiger partial charge >= 0.3 is 0 Å². The lowest BCUT2D eigenvalue weighted by Crippen LogP contribution is -2.42. The van der Waals surface area contributed by atoms with Crippen molar-refractivity contribution in [2.24, 2.45) is 7.05 Å². The van der Waals surface area contributed by atoms with E-state index in [2.05, 4.69) is 36.5 Å². The van der Waals surface area contributed by atoms with Crippen LogP contribution >= 0.6 is 27.5 Å². The van der Waals surface area contributed by atoms with E-state index >= 15 is 0 Å². The molecule has 0 fully saturated rings. The quantitative estimate of drug-likeness (QED) is 0.716. The molecule has 0 saturated carbocycles. The number of rotatable bonds is 3. The molecule has 2 aromatic rings. The minimum Gasteiger partial charge on any atom is -0.378 e. The zero-order valence-corrected chi connectivity index (χ0v) is 14.1. The van der Waals surface area contributed by atoms with Crippen molar-refractivity contribution in [2.75, 3.05) is 12.4 Å². The Bertz CT molecular complexity index is 694. The summed E-state index contributed by atoms with van der Waals surface area (Å²) in [5.41, 5.74) is 6.25. The fourth-order valence-electron chi connectivity index (χ4n) is 1.80. The van der Waals surface area contributed by atoms with Gasteiger partial charge in [-0.3, -0.25) is 20.4 Å². The lowest BCUT2D eigenvalue weighted by atomic mass is 10.2. The lowest BCUT2D eigenvalue weighted by Gasteiger charge is -2.08. The molecule has 0 aromatic carbocycles. The van der Waals surface area contributed by atoms with E-state index in [4.69, 9.17) is 0 Å². The van der Waals surface area contributed by atoms with Gasteiger partial charge in [0, 0.05) is 24.8 Å². The zero-order valence-electron chi connectivity index (χ0n) is 11.7. The molecule has 0 spiro atoms. The predicted molar refractivity (Wildman–Crippen MR) is 84.4 cm³/mol. The lowest BCUT2D eigenvalue weighted by molar-refractivity contribution is 0.0842. The predicted octanol–water partition coefficient (Wildman–Crippen LogP) is 1.67. The molecule has 21 heavy (non-hydrogen) atoms. The number of hydrogen-bond donors (Lipinski definition) is 3. The van der Waals surface area contributed by atoms with E-state index in [-0.39, 0.29) is 0 Å². The van der Waals surface area contributed by atoms with Crippen molar-refractivity contribution in [2.45, 2.75) is 6.92 Å². The van der Waals surface area contributed by atoms with E-state index < -0.39 is 11.8 Å². The number of hydrogen-bond acceptors (Lipinski definition) is 5. The van der Waals surface area contributed by atoms with Crippen LogP contribution in [0.4, 0.5) is 5.00 Å². The van der Waals surface area contributed by atoms with Crippen LogP contribution < -0.4 is 16.2 Å². The molecule has 2 aromatic heterocycles. The van der Waals surface area contributed by atoms with Crippen LogP contribution in [0.3, 0.4) is 0 Å². The summed E-state index contributed by atoms with van der Waals surface area (Å²) >= 11 is 4.48. The number of nitrogens with one attached hydrogen (secondary N) is 3. The fraction of sp³-hybridized carbons (Fsp3) is 0.250. The first-order valence-corrected chi connectivity index (χ1v) is 7.57. The molecule has 2 rings (SSSR count). The highest BCUT2D eigenvalue weighted by atomic mass is 79.9. The van der Waals surface area contributed by atoms with Crippen molar-refractivity contribution < 1.29 is 9.59 Å². The number of anilines is 1. The van der Waals surface area contributed by atoms with Crippen LogP contribution in [0.15, 0.2) is 16.7 Å². The maximum absolute atomic E-state index is 12.1. The molecule has 0 aliphatic rings. The molecular formula is C12H14BrN5O2S. The summed E-state index contributed by atoms with van der Waals surface area (Å²) in [5.74, 6) is -0.810. The highest BCUT2D eigenvalue weighted by Crippen LogP contribution is 2.23. The molecule has 2 amide bonds.